The summed E-state index contributed by atoms with van der Waals surface area (Å²) in [5.74, 6) is 0.734. The summed E-state index contributed by atoms with van der Waals surface area (Å²) < 4.78 is 1.80. The summed E-state index contributed by atoms with van der Waals surface area (Å²) in [5.41, 5.74) is 0.631. The largest absolute Gasteiger partial charge is 0.338 e. The lowest BCUT2D eigenvalue weighted by Crippen LogP contribution is -2.43. The van der Waals surface area contributed by atoms with Crippen LogP contribution in [0.4, 0.5) is 0 Å². The van der Waals surface area contributed by atoms with Crippen molar-refractivity contribution in [2.24, 2.45) is 5.41 Å². The summed E-state index contributed by atoms with van der Waals surface area (Å²) in [6.45, 7) is 8.44. The molecular formula is C16H22N4O. The van der Waals surface area contributed by atoms with Gasteiger partial charge in [-0.25, -0.2) is 9.97 Å². The van der Waals surface area contributed by atoms with E-state index in [9.17, 15) is 4.79 Å². The zero-order valence-corrected chi connectivity index (χ0v) is 13.2. The van der Waals surface area contributed by atoms with Crippen molar-refractivity contribution in [1.82, 2.24) is 19.4 Å². The second-order valence-electron chi connectivity index (χ2n) is 6.33. The molecule has 112 valence electrons. The van der Waals surface area contributed by atoms with Crippen molar-refractivity contribution in [2.45, 2.75) is 33.7 Å². The van der Waals surface area contributed by atoms with Gasteiger partial charge in [0.15, 0.2) is 0 Å². The summed E-state index contributed by atoms with van der Waals surface area (Å²) in [6, 6.07) is 3.76. The summed E-state index contributed by atoms with van der Waals surface area (Å²) in [6.07, 6.45) is 6.80. The molecule has 21 heavy (non-hydrogen) atoms. The van der Waals surface area contributed by atoms with Crippen LogP contribution in [0.1, 0.15) is 38.1 Å². The fourth-order valence-electron chi connectivity index (χ4n) is 2.02. The van der Waals surface area contributed by atoms with Crippen LogP contribution in [0.5, 0.6) is 0 Å². The van der Waals surface area contributed by atoms with E-state index in [1.807, 2.05) is 19.3 Å². The van der Waals surface area contributed by atoms with Crippen LogP contribution in [0.25, 0.3) is 5.82 Å². The van der Waals surface area contributed by atoms with Crippen LogP contribution < -0.4 is 0 Å². The topological polar surface area (TPSA) is 51.0 Å². The Hall–Kier alpha value is -2.17. The zero-order valence-electron chi connectivity index (χ0n) is 13.2. The molecule has 5 heteroatoms. The smallest absolute Gasteiger partial charge is 0.255 e. The van der Waals surface area contributed by atoms with Crippen LogP contribution >= 0.6 is 0 Å². The number of nitrogens with zero attached hydrogens (tertiary/aromatic N) is 4. The van der Waals surface area contributed by atoms with E-state index in [0.29, 0.717) is 5.56 Å². The first-order valence-corrected chi connectivity index (χ1v) is 7.02. The van der Waals surface area contributed by atoms with Gasteiger partial charge in [-0.1, -0.05) is 20.8 Å². The zero-order chi connectivity index (χ0) is 15.6. The standard InChI is InChI=1S/C16H22N4O/c1-12(16(2,3)4)19(5)15(21)13-6-7-14(18-10-13)20-9-8-17-11-20/h6-12H,1-5H3. The van der Waals surface area contributed by atoms with Gasteiger partial charge in [-0.3, -0.25) is 9.36 Å². The van der Waals surface area contributed by atoms with Crippen molar-refractivity contribution in [2.75, 3.05) is 7.05 Å². The molecule has 0 fully saturated rings. The second-order valence-corrected chi connectivity index (χ2v) is 6.33. The lowest BCUT2D eigenvalue weighted by Gasteiger charge is -2.35. The van der Waals surface area contributed by atoms with Gasteiger partial charge in [0.2, 0.25) is 0 Å². The number of aromatic nitrogens is 3. The minimum absolute atomic E-state index is 0.0119. The Balaban J connectivity index is 2.17. The maximum absolute atomic E-state index is 12.5. The fraction of sp³-hybridized carbons (Fsp3) is 0.438. The highest BCUT2D eigenvalue weighted by molar-refractivity contribution is 5.94. The molecule has 1 atom stereocenters. The van der Waals surface area contributed by atoms with Crippen LogP contribution in [-0.4, -0.2) is 38.4 Å². The molecule has 2 heterocycles. The maximum Gasteiger partial charge on any atom is 0.255 e. The minimum atomic E-state index is -0.0119. The van der Waals surface area contributed by atoms with Gasteiger partial charge in [-0.2, -0.15) is 0 Å². The Kier molecular flexibility index (Phi) is 4.11. The number of pyridine rings is 1. The maximum atomic E-state index is 12.5. The summed E-state index contributed by atoms with van der Waals surface area (Å²) in [5, 5.41) is 0. The molecule has 0 bridgehead atoms. The van der Waals surface area contributed by atoms with Crippen molar-refractivity contribution in [3.05, 3.63) is 42.6 Å². The predicted molar refractivity (Wildman–Crippen MR) is 82.4 cm³/mol. The molecule has 0 radical (unpaired) electrons. The van der Waals surface area contributed by atoms with E-state index in [1.165, 1.54) is 0 Å². The molecule has 0 aliphatic heterocycles. The SMILES string of the molecule is CC(N(C)C(=O)c1ccc(-n2ccnc2)nc1)C(C)(C)C. The molecule has 0 N–H and O–H groups in total. The first-order chi connectivity index (χ1) is 9.80. The highest BCUT2D eigenvalue weighted by Crippen LogP contribution is 2.24. The van der Waals surface area contributed by atoms with Crippen molar-refractivity contribution in [1.29, 1.82) is 0 Å². The minimum Gasteiger partial charge on any atom is -0.338 e. The highest BCUT2D eigenvalue weighted by atomic mass is 16.2. The molecule has 5 nitrogen and oxygen atoms in total. The van der Waals surface area contributed by atoms with E-state index >= 15 is 0 Å². The van der Waals surface area contributed by atoms with Crippen LogP contribution in [0.2, 0.25) is 0 Å². The Morgan fingerprint density at radius 2 is 2.05 bits per heavy atom. The summed E-state index contributed by atoms with van der Waals surface area (Å²) in [7, 11) is 1.84. The third-order valence-electron chi connectivity index (χ3n) is 3.92. The quantitative estimate of drug-likeness (QED) is 0.871. The first-order valence-electron chi connectivity index (χ1n) is 7.02. The van der Waals surface area contributed by atoms with Crippen LogP contribution in [0.3, 0.4) is 0 Å². The molecule has 2 rings (SSSR count). The van der Waals surface area contributed by atoms with Gasteiger partial charge in [0.1, 0.15) is 12.1 Å². The van der Waals surface area contributed by atoms with E-state index in [2.05, 4.69) is 37.7 Å². The number of amides is 1. The number of carbonyl (C=O) groups is 1. The normalized spacial score (nSPS) is 13.0. The molecule has 2 aromatic heterocycles. The fourth-order valence-corrected chi connectivity index (χ4v) is 2.02. The summed E-state index contributed by atoms with van der Waals surface area (Å²) >= 11 is 0. The Bertz CT molecular complexity index is 596. The van der Waals surface area contributed by atoms with E-state index in [-0.39, 0.29) is 17.4 Å². The molecule has 0 aliphatic rings. The van der Waals surface area contributed by atoms with Crippen molar-refractivity contribution >= 4 is 5.91 Å². The number of hydrogen-bond donors (Lipinski definition) is 0. The van der Waals surface area contributed by atoms with Gasteiger partial charge in [-0.15, -0.1) is 0 Å². The highest BCUT2D eigenvalue weighted by Gasteiger charge is 2.27. The van der Waals surface area contributed by atoms with E-state index in [4.69, 9.17) is 0 Å². The molecule has 0 aliphatic carbocycles. The lowest BCUT2D eigenvalue weighted by molar-refractivity contribution is 0.0629. The number of hydrogen-bond acceptors (Lipinski definition) is 3. The van der Waals surface area contributed by atoms with Gasteiger partial charge in [0, 0.05) is 31.7 Å². The molecule has 1 unspecified atom stereocenters. The molecule has 0 saturated carbocycles. The number of carbonyl (C=O) groups excluding carboxylic acids is 1. The van der Waals surface area contributed by atoms with Crippen molar-refractivity contribution < 1.29 is 4.79 Å². The van der Waals surface area contributed by atoms with Gasteiger partial charge >= 0.3 is 0 Å². The number of imidazole rings is 1. The van der Waals surface area contributed by atoms with Gasteiger partial charge in [0.25, 0.3) is 5.91 Å². The summed E-state index contributed by atoms with van der Waals surface area (Å²) in [4.78, 5) is 22.6. The van der Waals surface area contributed by atoms with Gasteiger partial charge in [0.05, 0.1) is 5.56 Å². The number of rotatable bonds is 3. The molecule has 0 aromatic carbocycles. The third-order valence-corrected chi connectivity index (χ3v) is 3.92. The average molecular weight is 286 g/mol. The Morgan fingerprint density at radius 3 is 2.52 bits per heavy atom. The molecule has 2 aromatic rings. The Morgan fingerprint density at radius 1 is 1.33 bits per heavy atom. The van der Waals surface area contributed by atoms with Crippen LogP contribution in [0.15, 0.2) is 37.1 Å². The molecule has 1 amide bonds. The third kappa shape index (κ3) is 3.29. The van der Waals surface area contributed by atoms with E-state index in [1.54, 1.807) is 34.3 Å². The average Bonchev–Trinajstić information content (AvgIpc) is 2.98. The molecule has 0 saturated heterocycles. The van der Waals surface area contributed by atoms with E-state index < -0.39 is 0 Å². The second kappa shape index (κ2) is 5.68. The first kappa shape index (κ1) is 15.2. The molecule has 0 spiro atoms. The molecular weight excluding hydrogens is 264 g/mol. The Labute approximate surface area is 125 Å². The van der Waals surface area contributed by atoms with Crippen LogP contribution in [-0.2, 0) is 0 Å². The van der Waals surface area contributed by atoms with Gasteiger partial charge in [-0.05, 0) is 24.5 Å². The van der Waals surface area contributed by atoms with Crippen molar-refractivity contribution in [3.63, 3.8) is 0 Å². The van der Waals surface area contributed by atoms with Crippen LogP contribution in [0, 0.1) is 5.41 Å². The van der Waals surface area contributed by atoms with E-state index in [0.717, 1.165) is 5.82 Å². The van der Waals surface area contributed by atoms with Crippen molar-refractivity contribution in [3.8, 4) is 5.82 Å². The lowest BCUT2D eigenvalue weighted by atomic mass is 9.87. The predicted octanol–water partition coefficient (Wildman–Crippen LogP) is 2.77. The van der Waals surface area contributed by atoms with Gasteiger partial charge < -0.3 is 4.90 Å². The monoisotopic (exact) mass is 286 g/mol.